The second kappa shape index (κ2) is 11.3. The van der Waals surface area contributed by atoms with Crippen molar-refractivity contribution in [3.05, 3.63) is 0 Å². The van der Waals surface area contributed by atoms with Gasteiger partial charge in [-0.25, -0.2) is 8.42 Å². The van der Waals surface area contributed by atoms with Crippen LogP contribution in [-0.4, -0.2) is 58.2 Å². The quantitative estimate of drug-likeness (QED) is 0.287. The standard InChI is InChI=1S/C20H39N3O3S.HI/c1-5-21-18(22-15-19(14-17(2)3)8-6-7-9-19)23-16-20(27(4,24)25)10-12-26-13-11-20;/h17H,5-16H2,1-4H3,(H2,21,22,23);1H. The summed E-state index contributed by atoms with van der Waals surface area (Å²) in [5, 5.41) is 6.63. The summed E-state index contributed by atoms with van der Waals surface area (Å²) in [6, 6.07) is 0. The summed E-state index contributed by atoms with van der Waals surface area (Å²) in [6.45, 7) is 9.57. The number of halogens is 1. The summed E-state index contributed by atoms with van der Waals surface area (Å²) < 4.78 is 29.6. The third kappa shape index (κ3) is 7.00. The number of sulfone groups is 1. The van der Waals surface area contributed by atoms with E-state index in [0.717, 1.165) is 19.0 Å². The van der Waals surface area contributed by atoms with Gasteiger partial charge in [0, 0.05) is 39.1 Å². The Balaban J connectivity index is 0.00000392. The highest BCUT2D eigenvalue weighted by Crippen LogP contribution is 2.43. The van der Waals surface area contributed by atoms with E-state index in [1.165, 1.54) is 38.4 Å². The van der Waals surface area contributed by atoms with Gasteiger partial charge >= 0.3 is 0 Å². The largest absolute Gasteiger partial charge is 0.381 e. The average Bonchev–Trinajstić information content (AvgIpc) is 3.05. The molecule has 0 amide bonds. The topological polar surface area (TPSA) is 79.8 Å². The van der Waals surface area contributed by atoms with Gasteiger partial charge in [-0.05, 0) is 50.4 Å². The fourth-order valence-corrected chi connectivity index (χ4v) is 5.92. The van der Waals surface area contributed by atoms with E-state index in [2.05, 4.69) is 24.5 Å². The smallest absolute Gasteiger partial charge is 0.191 e. The van der Waals surface area contributed by atoms with Crippen molar-refractivity contribution in [3.63, 3.8) is 0 Å². The van der Waals surface area contributed by atoms with Gasteiger partial charge in [0.25, 0.3) is 0 Å². The number of guanidine groups is 1. The molecule has 2 fully saturated rings. The Morgan fingerprint density at radius 2 is 1.71 bits per heavy atom. The molecule has 1 aliphatic carbocycles. The molecule has 166 valence electrons. The third-order valence-electron chi connectivity index (χ3n) is 6.19. The highest BCUT2D eigenvalue weighted by molar-refractivity contribution is 14.0. The van der Waals surface area contributed by atoms with Crippen LogP contribution in [0.25, 0.3) is 0 Å². The first-order valence-corrected chi connectivity index (χ1v) is 12.4. The van der Waals surface area contributed by atoms with Gasteiger partial charge in [-0.3, -0.25) is 4.99 Å². The van der Waals surface area contributed by atoms with E-state index in [4.69, 9.17) is 9.73 Å². The number of ether oxygens (including phenoxy) is 1. The Bertz CT molecular complexity index is 596. The number of hydrogen-bond acceptors (Lipinski definition) is 4. The molecule has 0 aromatic rings. The summed E-state index contributed by atoms with van der Waals surface area (Å²) in [4.78, 5) is 4.89. The predicted molar refractivity (Wildman–Crippen MR) is 127 cm³/mol. The van der Waals surface area contributed by atoms with Crippen LogP contribution in [0, 0.1) is 11.3 Å². The van der Waals surface area contributed by atoms with Gasteiger partial charge < -0.3 is 15.4 Å². The van der Waals surface area contributed by atoms with E-state index in [9.17, 15) is 8.42 Å². The van der Waals surface area contributed by atoms with Gasteiger partial charge in [0.05, 0.1) is 4.75 Å². The minimum absolute atomic E-state index is 0. The number of rotatable bonds is 8. The first kappa shape index (κ1) is 25.9. The van der Waals surface area contributed by atoms with Gasteiger partial charge in [-0.1, -0.05) is 26.7 Å². The Labute approximate surface area is 189 Å². The first-order valence-electron chi connectivity index (χ1n) is 10.5. The molecule has 2 N–H and O–H groups in total. The fraction of sp³-hybridized carbons (Fsp3) is 0.950. The van der Waals surface area contributed by atoms with Crippen LogP contribution in [-0.2, 0) is 14.6 Å². The monoisotopic (exact) mass is 529 g/mol. The zero-order valence-electron chi connectivity index (χ0n) is 18.1. The molecule has 0 unspecified atom stereocenters. The SMILES string of the molecule is CCNC(=NCC1(CC(C)C)CCCC1)NCC1(S(C)(=O)=O)CCOCC1.I. The van der Waals surface area contributed by atoms with E-state index < -0.39 is 14.6 Å². The van der Waals surface area contributed by atoms with Gasteiger partial charge in [-0.2, -0.15) is 0 Å². The lowest BCUT2D eigenvalue weighted by molar-refractivity contribution is 0.0756. The highest BCUT2D eigenvalue weighted by Gasteiger charge is 2.42. The molecule has 0 aromatic heterocycles. The van der Waals surface area contributed by atoms with E-state index in [1.807, 2.05) is 6.92 Å². The van der Waals surface area contributed by atoms with E-state index >= 15 is 0 Å². The Morgan fingerprint density at radius 3 is 2.21 bits per heavy atom. The van der Waals surface area contributed by atoms with Crippen molar-refractivity contribution in [3.8, 4) is 0 Å². The van der Waals surface area contributed by atoms with Gasteiger partial charge in [-0.15, -0.1) is 24.0 Å². The summed E-state index contributed by atoms with van der Waals surface area (Å²) >= 11 is 0. The average molecular weight is 530 g/mol. The molecule has 8 heteroatoms. The zero-order chi connectivity index (χ0) is 20.0. The molecule has 1 saturated heterocycles. The van der Waals surface area contributed by atoms with Gasteiger partial charge in [0.15, 0.2) is 15.8 Å². The van der Waals surface area contributed by atoms with Crippen molar-refractivity contribution >= 4 is 39.8 Å². The van der Waals surface area contributed by atoms with Crippen molar-refractivity contribution in [1.29, 1.82) is 0 Å². The number of hydrogen-bond donors (Lipinski definition) is 2. The summed E-state index contributed by atoms with van der Waals surface area (Å²) in [5.41, 5.74) is 0.309. The molecule has 0 atom stereocenters. The van der Waals surface area contributed by atoms with Crippen LogP contribution in [0.1, 0.15) is 65.7 Å². The third-order valence-corrected chi connectivity index (χ3v) is 8.32. The second-order valence-corrected chi connectivity index (χ2v) is 11.3. The van der Waals surface area contributed by atoms with Crippen LogP contribution < -0.4 is 10.6 Å². The Morgan fingerprint density at radius 1 is 1.11 bits per heavy atom. The van der Waals surface area contributed by atoms with Crippen LogP contribution in [0.3, 0.4) is 0 Å². The van der Waals surface area contributed by atoms with Crippen molar-refractivity contribution in [2.24, 2.45) is 16.3 Å². The molecule has 6 nitrogen and oxygen atoms in total. The maximum absolute atomic E-state index is 12.5. The second-order valence-electron chi connectivity index (χ2n) is 8.92. The molecular weight excluding hydrogens is 489 g/mol. The van der Waals surface area contributed by atoms with E-state index in [0.29, 0.717) is 43.9 Å². The Kier molecular flexibility index (Phi) is 10.5. The lowest BCUT2D eigenvalue weighted by atomic mass is 9.78. The van der Waals surface area contributed by atoms with E-state index in [1.54, 1.807) is 0 Å². The fourth-order valence-electron chi connectivity index (χ4n) is 4.67. The summed E-state index contributed by atoms with van der Waals surface area (Å²) in [5.74, 6) is 1.41. The van der Waals surface area contributed by atoms with Crippen molar-refractivity contribution in [1.82, 2.24) is 10.6 Å². The van der Waals surface area contributed by atoms with Crippen LogP contribution in [0.5, 0.6) is 0 Å². The molecule has 1 heterocycles. The van der Waals surface area contributed by atoms with E-state index in [-0.39, 0.29) is 24.0 Å². The number of nitrogens with zero attached hydrogens (tertiary/aromatic N) is 1. The lowest BCUT2D eigenvalue weighted by Crippen LogP contribution is -2.53. The number of nitrogens with one attached hydrogen (secondary N) is 2. The first-order chi connectivity index (χ1) is 12.7. The maximum atomic E-state index is 12.5. The summed E-state index contributed by atoms with van der Waals surface area (Å²) in [7, 11) is -3.18. The van der Waals surface area contributed by atoms with Crippen LogP contribution in [0.15, 0.2) is 4.99 Å². The Hall–Kier alpha value is -0.0900. The molecule has 2 rings (SSSR count). The maximum Gasteiger partial charge on any atom is 0.191 e. The highest BCUT2D eigenvalue weighted by atomic mass is 127. The molecule has 0 spiro atoms. The molecule has 2 aliphatic rings. The minimum Gasteiger partial charge on any atom is -0.381 e. The lowest BCUT2D eigenvalue weighted by Gasteiger charge is -2.36. The molecule has 0 aromatic carbocycles. The normalized spacial score (nSPS) is 22.0. The molecule has 1 saturated carbocycles. The van der Waals surface area contributed by atoms with Crippen molar-refractivity contribution in [2.75, 3.05) is 39.1 Å². The van der Waals surface area contributed by atoms with Crippen LogP contribution in [0.2, 0.25) is 0 Å². The van der Waals surface area contributed by atoms with Gasteiger partial charge in [0.1, 0.15) is 0 Å². The van der Waals surface area contributed by atoms with Crippen molar-refractivity contribution in [2.45, 2.75) is 70.5 Å². The minimum atomic E-state index is -3.18. The van der Waals surface area contributed by atoms with Crippen molar-refractivity contribution < 1.29 is 13.2 Å². The molecular formula is C20H40IN3O3S. The summed E-state index contributed by atoms with van der Waals surface area (Å²) in [6.07, 6.45) is 8.72. The van der Waals surface area contributed by atoms with Crippen LogP contribution in [0.4, 0.5) is 0 Å². The zero-order valence-corrected chi connectivity index (χ0v) is 21.2. The molecule has 1 aliphatic heterocycles. The molecule has 0 radical (unpaired) electrons. The molecule has 0 bridgehead atoms. The molecule has 28 heavy (non-hydrogen) atoms. The predicted octanol–water partition coefficient (Wildman–Crippen LogP) is 3.36. The van der Waals surface area contributed by atoms with Crippen LogP contribution >= 0.6 is 24.0 Å². The number of aliphatic imine (C=N–C) groups is 1. The van der Waals surface area contributed by atoms with Gasteiger partial charge in [0.2, 0.25) is 0 Å².